The third-order valence-electron chi connectivity index (χ3n) is 2.91. The zero-order valence-electron chi connectivity index (χ0n) is 13.6. The van der Waals surface area contributed by atoms with Crippen LogP contribution in [0.5, 0.6) is 17.2 Å². The Morgan fingerprint density at radius 2 is 1.48 bits per heavy atom. The number of methoxy groups -OCH3 is 2. The molecule has 1 aromatic carbocycles. The lowest BCUT2D eigenvalue weighted by Crippen LogP contribution is -2.20. The monoisotopic (exact) mass is 298 g/mol. The van der Waals surface area contributed by atoms with Crippen LogP contribution >= 0.6 is 0 Å². The van der Waals surface area contributed by atoms with Crippen LogP contribution in [-0.2, 0) is 9.47 Å². The van der Waals surface area contributed by atoms with Gasteiger partial charge in [0.2, 0.25) is 5.75 Å². The van der Waals surface area contributed by atoms with Crippen molar-refractivity contribution in [2.75, 3.05) is 34.0 Å². The summed E-state index contributed by atoms with van der Waals surface area (Å²) in [5.74, 6) is 1.93. The van der Waals surface area contributed by atoms with E-state index in [1.807, 2.05) is 32.9 Å². The van der Waals surface area contributed by atoms with E-state index in [1.165, 1.54) is 0 Å². The van der Waals surface area contributed by atoms with Crippen LogP contribution in [0.2, 0.25) is 0 Å². The predicted molar refractivity (Wildman–Crippen MR) is 81.4 cm³/mol. The molecule has 5 nitrogen and oxygen atoms in total. The maximum absolute atomic E-state index is 5.82. The van der Waals surface area contributed by atoms with Crippen LogP contribution in [0.1, 0.15) is 25.8 Å². The first-order chi connectivity index (χ1) is 10.2. The van der Waals surface area contributed by atoms with Gasteiger partial charge in [-0.3, -0.25) is 0 Å². The van der Waals surface area contributed by atoms with Crippen molar-refractivity contribution in [3.8, 4) is 17.2 Å². The molecule has 0 aromatic heterocycles. The summed E-state index contributed by atoms with van der Waals surface area (Å²) in [5, 5.41) is 0. The SMILES string of the molecule is CCOC(CCOc1c(OC)cc(C)cc1OC)OCC. The average Bonchev–Trinajstić information content (AvgIpc) is 2.48. The van der Waals surface area contributed by atoms with Gasteiger partial charge in [-0.15, -0.1) is 0 Å². The molecule has 0 aliphatic heterocycles. The van der Waals surface area contributed by atoms with E-state index in [1.54, 1.807) is 14.2 Å². The van der Waals surface area contributed by atoms with Crippen LogP contribution in [0.15, 0.2) is 12.1 Å². The highest BCUT2D eigenvalue weighted by Crippen LogP contribution is 2.38. The Labute approximate surface area is 127 Å². The standard InChI is InChI=1S/C16H26O5/c1-6-19-15(20-7-2)8-9-21-16-13(17-4)10-12(3)11-14(16)18-5/h10-11,15H,6-9H2,1-5H3. The number of ether oxygens (including phenoxy) is 5. The number of hydrogen-bond acceptors (Lipinski definition) is 5. The van der Waals surface area contributed by atoms with Gasteiger partial charge in [-0.2, -0.15) is 0 Å². The first-order valence-electron chi connectivity index (χ1n) is 7.24. The molecule has 21 heavy (non-hydrogen) atoms. The van der Waals surface area contributed by atoms with Crippen LogP contribution in [0.4, 0.5) is 0 Å². The largest absolute Gasteiger partial charge is 0.493 e. The Kier molecular flexibility index (Phi) is 7.93. The topological polar surface area (TPSA) is 46.2 Å². The van der Waals surface area contributed by atoms with E-state index >= 15 is 0 Å². The molecule has 120 valence electrons. The van der Waals surface area contributed by atoms with Crippen molar-refractivity contribution in [1.29, 1.82) is 0 Å². The molecular formula is C16H26O5. The molecule has 1 rings (SSSR count). The van der Waals surface area contributed by atoms with Crippen molar-refractivity contribution in [1.82, 2.24) is 0 Å². The van der Waals surface area contributed by atoms with Gasteiger partial charge in [0, 0.05) is 19.6 Å². The minimum absolute atomic E-state index is 0.248. The average molecular weight is 298 g/mol. The fourth-order valence-corrected chi connectivity index (χ4v) is 2.00. The van der Waals surface area contributed by atoms with E-state index in [2.05, 4.69) is 0 Å². The summed E-state index contributed by atoms with van der Waals surface area (Å²) in [6.07, 6.45) is 0.393. The molecule has 5 heteroatoms. The van der Waals surface area contributed by atoms with Gasteiger partial charge < -0.3 is 23.7 Å². The van der Waals surface area contributed by atoms with Gasteiger partial charge in [0.05, 0.1) is 20.8 Å². The minimum Gasteiger partial charge on any atom is -0.493 e. The normalized spacial score (nSPS) is 10.8. The number of rotatable bonds is 10. The van der Waals surface area contributed by atoms with Crippen LogP contribution in [0, 0.1) is 6.92 Å². The maximum atomic E-state index is 5.82. The highest BCUT2D eigenvalue weighted by atomic mass is 16.7. The molecule has 0 spiro atoms. The van der Waals surface area contributed by atoms with E-state index in [-0.39, 0.29) is 6.29 Å². The van der Waals surface area contributed by atoms with Gasteiger partial charge in [-0.1, -0.05) is 0 Å². The smallest absolute Gasteiger partial charge is 0.203 e. The third-order valence-corrected chi connectivity index (χ3v) is 2.91. The molecule has 0 aliphatic carbocycles. The third kappa shape index (κ3) is 5.44. The number of hydrogen-bond donors (Lipinski definition) is 0. The Morgan fingerprint density at radius 3 is 1.90 bits per heavy atom. The van der Waals surface area contributed by atoms with Crippen LogP contribution in [0.3, 0.4) is 0 Å². The molecule has 1 aromatic rings. The Balaban J connectivity index is 2.69. The summed E-state index contributed by atoms with van der Waals surface area (Å²) in [5.41, 5.74) is 1.05. The summed E-state index contributed by atoms with van der Waals surface area (Å²) >= 11 is 0. The summed E-state index contributed by atoms with van der Waals surface area (Å²) in [6, 6.07) is 3.83. The first kappa shape index (κ1) is 17.6. The van der Waals surface area contributed by atoms with Gasteiger partial charge in [0.15, 0.2) is 17.8 Å². The molecule has 0 amide bonds. The first-order valence-corrected chi connectivity index (χ1v) is 7.24. The molecule has 0 N–H and O–H groups in total. The quantitative estimate of drug-likeness (QED) is 0.621. The lowest BCUT2D eigenvalue weighted by atomic mass is 10.2. The Morgan fingerprint density at radius 1 is 0.952 bits per heavy atom. The highest BCUT2D eigenvalue weighted by molar-refractivity contribution is 5.53. The lowest BCUT2D eigenvalue weighted by molar-refractivity contribution is -0.142. The lowest BCUT2D eigenvalue weighted by Gasteiger charge is -2.19. The van der Waals surface area contributed by atoms with Crippen molar-refractivity contribution in [3.05, 3.63) is 17.7 Å². The van der Waals surface area contributed by atoms with Crippen molar-refractivity contribution in [3.63, 3.8) is 0 Å². The van der Waals surface area contributed by atoms with Crippen molar-refractivity contribution in [2.45, 2.75) is 33.5 Å². The molecule has 0 bridgehead atoms. The molecule has 0 saturated carbocycles. The zero-order chi connectivity index (χ0) is 15.7. The van der Waals surface area contributed by atoms with Crippen LogP contribution in [0.25, 0.3) is 0 Å². The summed E-state index contributed by atoms with van der Waals surface area (Å²) in [6.45, 7) is 7.55. The second kappa shape index (κ2) is 9.47. The maximum Gasteiger partial charge on any atom is 0.203 e. The Bertz CT molecular complexity index is 388. The van der Waals surface area contributed by atoms with Gasteiger partial charge >= 0.3 is 0 Å². The van der Waals surface area contributed by atoms with E-state index in [9.17, 15) is 0 Å². The van der Waals surface area contributed by atoms with Gasteiger partial charge in [0.1, 0.15) is 0 Å². The molecule has 0 atom stereocenters. The predicted octanol–water partition coefficient (Wildman–Crippen LogP) is 3.18. The van der Waals surface area contributed by atoms with E-state index in [0.717, 1.165) is 5.56 Å². The molecule has 0 saturated heterocycles. The zero-order valence-corrected chi connectivity index (χ0v) is 13.6. The van der Waals surface area contributed by atoms with Gasteiger partial charge in [0.25, 0.3) is 0 Å². The fourth-order valence-electron chi connectivity index (χ4n) is 2.00. The second-order valence-corrected chi connectivity index (χ2v) is 4.48. The van der Waals surface area contributed by atoms with E-state index in [0.29, 0.717) is 43.5 Å². The van der Waals surface area contributed by atoms with Crippen molar-refractivity contribution >= 4 is 0 Å². The summed E-state index contributed by atoms with van der Waals surface area (Å²) in [7, 11) is 3.23. The number of aryl methyl sites for hydroxylation is 1. The second-order valence-electron chi connectivity index (χ2n) is 4.48. The molecular weight excluding hydrogens is 272 g/mol. The van der Waals surface area contributed by atoms with E-state index < -0.39 is 0 Å². The van der Waals surface area contributed by atoms with Crippen LogP contribution in [-0.4, -0.2) is 40.3 Å². The van der Waals surface area contributed by atoms with Crippen LogP contribution < -0.4 is 14.2 Å². The van der Waals surface area contributed by atoms with Gasteiger partial charge in [-0.05, 0) is 38.5 Å². The highest BCUT2D eigenvalue weighted by Gasteiger charge is 2.14. The molecule has 0 unspecified atom stereocenters. The fraction of sp³-hybridized carbons (Fsp3) is 0.625. The summed E-state index contributed by atoms with van der Waals surface area (Å²) < 4.78 is 27.5. The molecule has 0 aliphatic rings. The van der Waals surface area contributed by atoms with E-state index in [4.69, 9.17) is 23.7 Å². The minimum atomic E-state index is -0.248. The Hall–Kier alpha value is -1.46. The summed E-state index contributed by atoms with van der Waals surface area (Å²) in [4.78, 5) is 0. The van der Waals surface area contributed by atoms with Crippen molar-refractivity contribution in [2.24, 2.45) is 0 Å². The van der Waals surface area contributed by atoms with Crippen molar-refractivity contribution < 1.29 is 23.7 Å². The molecule has 0 heterocycles. The van der Waals surface area contributed by atoms with Gasteiger partial charge in [-0.25, -0.2) is 0 Å². The number of benzene rings is 1. The molecule has 0 fully saturated rings. The molecule has 0 radical (unpaired) electrons.